The summed E-state index contributed by atoms with van der Waals surface area (Å²) in [5.41, 5.74) is 8.06. The first-order chi connectivity index (χ1) is 13.8. The van der Waals surface area contributed by atoms with Gasteiger partial charge in [-0.15, -0.1) is 0 Å². The molecule has 0 bridgehead atoms. The van der Waals surface area contributed by atoms with Gasteiger partial charge in [-0.1, -0.05) is 40.9 Å². The van der Waals surface area contributed by atoms with E-state index in [1.54, 1.807) is 12.1 Å². The van der Waals surface area contributed by atoms with E-state index in [9.17, 15) is 9.59 Å². The molecule has 2 amide bonds. The summed E-state index contributed by atoms with van der Waals surface area (Å²) in [6.07, 6.45) is -0.182. The summed E-state index contributed by atoms with van der Waals surface area (Å²) in [6.45, 7) is 1.97. The van der Waals surface area contributed by atoms with E-state index < -0.39 is 17.9 Å². The number of nitrogens with zero attached hydrogens (tertiary/aromatic N) is 2. The van der Waals surface area contributed by atoms with Crippen LogP contribution < -0.4 is 21.7 Å². The molecule has 0 radical (unpaired) electrons. The third-order valence-corrected chi connectivity index (χ3v) is 4.51. The highest BCUT2D eigenvalue weighted by molar-refractivity contribution is 6.35. The van der Waals surface area contributed by atoms with Crippen molar-refractivity contribution in [3.8, 4) is 0 Å². The Hall–Kier alpha value is -3.10. The van der Waals surface area contributed by atoms with Gasteiger partial charge < -0.3 is 16.4 Å². The van der Waals surface area contributed by atoms with Crippen molar-refractivity contribution < 1.29 is 9.59 Å². The molecule has 8 nitrogen and oxygen atoms in total. The van der Waals surface area contributed by atoms with Crippen LogP contribution in [0.15, 0.2) is 52.4 Å². The number of rotatable bonds is 4. The molecular weight excluding hydrogens is 415 g/mol. The first-order valence-electron chi connectivity index (χ1n) is 8.61. The van der Waals surface area contributed by atoms with Crippen LogP contribution in [0.4, 0.5) is 11.4 Å². The van der Waals surface area contributed by atoms with Crippen LogP contribution in [0.3, 0.4) is 0 Å². The second kappa shape index (κ2) is 8.93. The van der Waals surface area contributed by atoms with Gasteiger partial charge in [-0.05, 0) is 37.3 Å². The summed E-state index contributed by atoms with van der Waals surface area (Å²) in [4.78, 5) is 32.5. The fraction of sp³-hybridized carbons (Fsp3) is 0.158. The van der Waals surface area contributed by atoms with Gasteiger partial charge in [0.25, 0.3) is 5.91 Å². The van der Waals surface area contributed by atoms with Gasteiger partial charge in [0.15, 0.2) is 0 Å². The lowest BCUT2D eigenvalue weighted by atomic mass is 10.2. The molecule has 150 valence electrons. The fourth-order valence-corrected chi connectivity index (χ4v) is 2.86. The zero-order valence-electron chi connectivity index (χ0n) is 15.4. The molecule has 0 fully saturated rings. The maximum absolute atomic E-state index is 12.2. The summed E-state index contributed by atoms with van der Waals surface area (Å²) < 4.78 is 0. The summed E-state index contributed by atoms with van der Waals surface area (Å²) in [5.74, 6) is -0.789. The van der Waals surface area contributed by atoms with Crippen LogP contribution in [0.25, 0.3) is 0 Å². The summed E-state index contributed by atoms with van der Waals surface area (Å²) in [7, 11) is 0. The number of carbonyl (C=O) groups is 2. The molecule has 0 saturated carbocycles. The molecule has 1 aliphatic rings. The lowest BCUT2D eigenvalue weighted by Gasteiger charge is -2.08. The average Bonchev–Trinajstić information content (AvgIpc) is 2.98. The minimum absolute atomic E-state index is 0.0331. The quantitative estimate of drug-likeness (QED) is 0.438. The number of halogens is 2. The largest absolute Gasteiger partial charge is 0.369 e. The minimum atomic E-state index is -0.918. The van der Waals surface area contributed by atoms with Crippen molar-refractivity contribution in [3.05, 3.63) is 58.1 Å². The first kappa shape index (κ1) is 20.6. The third-order valence-electron chi connectivity index (χ3n) is 3.95. The van der Waals surface area contributed by atoms with E-state index in [0.717, 1.165) is 11.3 Å². The number of nitrogens with two attached hydrogens (primary N) is 1. The molecule has 10 heteroatoms. The van der Waals surface area contributed by atoms with Crippen LogP contribution >= 0.6 is 23.2 Å². The van der Waals surface area contributed by atoms with Crippen molar-refractivity contribution in [2.75, 3.05) is 10.6 Å². The third kappa shape index (κ3) is 5.69. The van der Waals surface area contributed by atoms with Crippen LogP contribution in [-0.2, 0) is 9.59 Å². The lowest BCUT2D eigenvalue weighted by molar-refractivity contribution is -0.123. The molecule has 2 aromatic carbocycles. The SMILES string of the molecule is Cc1ccc(NC(N)=NC2=N[C@@H](CC(=O)Nc3cc(Cl)ccc3Cl)C(=O)N2)cc1. The van der Waals surface area contributed by atoms with E-state index in [1.807, 2.05) is 31.2 Å². The molecule has 5 N–H and O–H groups in total. The molecule has 1 aliphatic heterocycles. The Morgan fingerprint density at radius 1 is 1.21 bits per heavy atom. The van der Waals surface area contributed by atoms with Gasteiger partial charge in [-0.25, -0.2) is 4.99 Å². The zero-order chi connectivity index (χ0) is 21.0. The van der Waals surface area contributed by atoms with E-state index in [4.69, 9.17) is 28.9 Å². The number of anilines is 2. The summed E-state index contributed by atoms with van der Waals surface area (Å²) in [6, 6.07) is 11.3. The molecule has 0 aliphatic carbocycles. The number of amides is 2. The van der Waals surface area contributed by atoms with Crippen molar-refractivity contribution in [2.24, 2.45) is 15.7 Å². The predicted molar refractivity (Wildman–Crippen MR) is 115 cm³/mol. The predicted octanol–water partition coefficient (Wildman–Crippen LogP) is 2.91. The fourth-order valence-electron chi connectivity index (χ4n) is 2.52. The maximum Gasteiger partial charge on any atom is 0.252 e. The molecule has 1 heterocycles. The number of hydrogen-bond acceptors (Lipinski definition) is 4. The van der Waals surface area contributed by atoms with Gasteiger partial charge in [0.1, 0.15) is 6.04 Å². The van der Waals surface area contributed by atoms with Gasteiger partial charge in [0.05, 0.1) is 17.1 Å². The van der Waals surface area contributed by atoms with E-state index in [0.29, 0.717) is 15.7 Å². The van der Waals surface area contributed by atoms with E-state index in [2.05, 4.69) is 25.9 Å². The van der Waals surface area contributed by atoms with Crippen molar-refractivity contribution in [3.63, 3.8) is 0 Å². The second-order valence-corrected chi connectivity index (χ2v) is 7.17. The van der Waals surface area contributed by atoms with Crippen LogP contribution in [-0.4, -0.2) is 29.8 Å². The Bertz CT molecular complexity index is 1000. The van der Waals surface area contributed by atoms with E-state index in [-0.39, 0.29) is 18.3 Å². The highest BCUT2D eigenvalue weighted by Gasteiger charge is 2.28. The molecule has 1 atom stereocenters. The number of benzene rings is 2. The lowest BCUT2D eigenvalue weighted by Crippen LogP contribution is -2.32. The number of guanidine groups is 2. The number of carbonyl (C=O) groups excluding carboxylic acids is 2. The topological polar surface area (TPSA) is 121 Å². The summed E-state index contributed by atoms with van der Waals surface area (Å²) >= 11 is 11.9. The van der Waals surface area contributed by atoms with Gasteiger partial charge in [-0.2, -0.15) is 4.99 Å². The highest BCUT2D eigenvalue weighted by Crippen LogP contribution is 2.25. The van der Waals surface area contributed by atoms with Crippen molar-refractivity contribution in [2.45, 2.75) is 19.4 Å². The highest BCUT2D eigenvalue weighted by atomic mass is 35.5. The van der Waals surface area contributed by atoms with Crippen molar-refractivity contribution in [1.29, 1.82) is 0 Å². The zero-order valence-corrected chi connectivity index (χ0v) is 16.9. The Balaban J connectivity index is 1.62. The molecular formula is C19H18Cl2N6O2. The monoisotopic (exact) mass is 432 g/mol. The van der Waals surface area contributed by atoms with Gasteiger partial charge in [-0.3, -0.25) is 14.9 Å². The van der Waals surface area contributed by atoms with Crippen molar-refractivity contribution >= 4 is 58.3 Å². The van der Waals surface area contributed by atoms with E-state index >= 15 is 0 Å². The number of nitrogens with one attached hydrogen (secondary N) is 3. The Labute approximate surface area is 177 Å². The second-order valence-electron chi connectivity index (χ2n) is 6.32. The van der Waals surface area contributed by atoms with Gasteiger partial charge >= 0.3 is 0 Å². The molecule has 0 unspecified atom stereocenters. The first-order valence-corrected chi connectivity index (χ1v) is 9.37. The van der Waals surface area contributed by atoms with Crippen LogP contribution in [0, 0.1) is 6.92 Å². The molecule has 0 aromatic heterocycles. The smallest absolute Gasteiger partial charge is 0.252 e. The Morgan fingerprint density at radius 2 is 1.93 bits per heavy atom. The van der Waals surface area contributed by atoms with Crippen LogP contribution in [0.1, 0.15) is 12.0 Å². The van der Waals surface area contributed by atoms with Crippen LogP contribution in [0.5, 0.6) is 0 Å². The number of aliphatic imine (C=N–C) groups is 2. The molecule has 2 aromatic rings. The molecule has 3 rings (SSSR count). The maximum atomic E-state index is 12.2. The van der Waals surface area contributed by atoms with Gasteiger partial charge in [0, 0.05) is 10.7 Å². The average molecular weight is 433 g/mol. The van der Waals surface area contributed by atoms with E-state index in [1.165, 1.54) is 6.07 Å². The normalized spacial score (nSPS) is 16.2. The summed E-state index contributed by atoms with van der Waals surface area (Å²) in [5, 5.41) is 8.77. The molecule has 29 heavy (non-hydrogen) atoms. The number of aryl methyl sites for hydroxylation is 1. The minimum Gasteiger partial charge on any atom is -0.369 e. The Morgan fingerprint density at radius 3 is 2.66 bits per heavy atom. The Kier molecular flexibility index (Phi) is 6.36. The number of hydrogen-bond donors (Lipinski definition) is 4. The molecule has 0 spiro atoms. The van der Waals surface area contributed by atoms with Crippen molar-refractivity contribution in [1.82, 2.24) is 5.32 Å². The van der Waals surface area contributed by atoms with Crippen LogP contribution in [0.2, 0.25) is 10.0 Å². The molecule has 0 saturated heterocycles. The van der Waals surface area contributed by atoms with Gasteiger partial charge in [0.2, 0.25) is 17.8 Å². The standard InChI is InChI=1S/C19H18Cl2N6O2/c1-10-2-5-12(6-3-10)23-18(22)27-19-25-15(17(29)26-19)9-16(28)24-14-8-11(20)4-7-13(14)21/h2-8,15H,9H2,1H3,(H,24,28)(H4,22,23,25,26,27,29)/t15-/m0/s1.